The van der Waals surface area contributed by atoms with E-state index in [2.05, 4.69) is 25.3 Å². The lowest BCUT2D eigenvalue weighted by Gasteiger charge is -2.35. The molecule has 1 aliphatic heterocycles. The van der Waals surface area contributed by atoms with Crippen molar-refractivity contribution in [2.75, 3.05) is 32.5 Å². The van der Waals surface area contributed by atoms with E-state index in [4.69, 9.17) is 0 Å². The number of aromatic nitrogens is 6. The molecule has 0 bridgehead atoms. The van der Waals surface area contributed by atoms with Gasteiger partial charge >= 0.3 is 6.18 Å². The average Bonchev–Trinajstić information content (AvgIpc) is 3.42. The number of imidazole rings is 2. The van der Waals surface area contributed by atoms with Crippen molar-refractivity contribution in [2.24, 2.45) is 13.0 Å². The molecule has 15 heteroatoms. The second-order valence-electron chi connectivity index (χ2n) is 8.50. The molecule has 0 aliphatic carbocycles. The zero-order valence-electron chi connectivity index (χ0n) is 19.6. The van der Waals surface area contributed by atoms with E-state index in [-0.39, 0.29) is 29.3 Å². The van der Waals surface area contributed by atoms with Crippen LogP contribution in [0.3, 0.4) is 0 Å². The van der Waals surface area contributed by atoms with E-state index in [1.54, 1.807) is 25.4 Å². The lowest BCUT2D eigenvalue weighted by molar-refractivity contribution is -0.137. The van der Waals surface area contributed by atoms with E-state index in [0.717, 1.165) is 6.20 Å². The molecule has 0 amide bonds. The monoisotopic (exact) mass is 529 g/mol. The Morgan fingerprint density at radius 1 is 1.20 bits per heavy atom. The first-order valence-electron chi connectivity index (χ1n) is 10.8. The fourth-order valence-electron chi connectivity index (χ4n) is 3.77. The molecule has 10 nitrogen and oxygen atoms in total. The van der Waals surface area contributed by atoms with Crippen LogP contribution in [0.25, 0.3) is 11.4 Å². The molecule has 3 unspecified atom stereocenters. The first-order valence-corrected chi connectivity index (χ1v) is 12.6. The van der Waals surface area contributed by atoms with Crippen LogP contribution in [0.4, 0.5) is 19.1 Å². The number of anilines is 1. The Labute approximate surface area is 207 Å². The smallest absolute Gasteiger partial charge is 0.351 e. The zero-order valence-corrected chi connectivity index (χ0v) is 21.2. The highest BCUT2D eigenvalue weighted by molar-refractivity contribution is 7.95. The molecule has 4 heterocycles. The van der Waals surface area contributed by atoms with E-state index in [9.17, 15) is 17.4 Å². The van der Waals surface area contributed by atoms with E-state index < -0.39 is 22.7 Å². The number of halogens is 3. The first kappa shape index (κ1) is 25.6. The Bertz CT molecular complexity index is 1200. The first-order chi connectivity index (χ1) is 16.5. The number of hydrogen-bond acceptors (Lipinski definition) is 8. The van der Waals surface area contributed by atoms with E-state index in [1.165, 1.54) is 24.7 Å². The quantitative estimate of drug-likeness (QED) is 0.467. The zero-order chi connectivity index (χ0) is 25.3. The Morgan fingerprint density at radius 2 is 1.97 bits per heavy atom. The van der Waals surface area contributed by atoms with Gasteiger partial charge in [-0.3, -0.25) is 3.97 Å². The molecule has 0 saturated carbocycles. The van der Waals surface area contributed by atoms with Gasteiger partial charge in [-0.25, -0.2) is 32.8 Å². The molecule has 1 N–H and O–H groups in total. The van der Waals surface area contributed by atoms with Gasteiger partial charge in [-0.05, 0) is 26.4 Å². The van der Waals surface area contributed by atoms with Crippen molar-refractivity contribution < 1.29 is 17.4 Å². The molecule has 3 aromatic rings. The summed E-state index contributed by atoms with van der Waals surface area (Å²) < 4.78 is 60.8. The molecule has 4 rings (SSSR count). The highest BCUT2D eigenvalue weighted by atomic mass is 32.2. The van der Waals surface area contributed by atoms with Gasteiger partial charge in [-0.15, -0.1) is 0 Å². The van der Waals surface area contributed by atoms with Crippen molar-refractivity contribution in [1.29, 1.82) is 0 Å². The summed E-state index contributed by atoms with van der Waals surface area (Å²) in [6.45, 7) is 3.05. The number of nitrogens with one attached hydrogen (secondary N) is 1. The molecule has 0 spiro atoms. The van der Waals surface area contributed by atoms with Gasteiger partial charge < -0.3 is 9.88 Å². The standard InChI is InChI=1S/C20H26F3N9OS2/c1-13-8-32(35(33)17-10-30(4)11-26-17)6-5-15(13)27-19-24-7-14(20(21,22)23)18(28-19)16-9-31(12-25-16)34-29(2)3/h7,9-13,15H,5-6,8H2,1-4H3,(H,24,27,28). The van der Waals surface area contributed by atoms with Crippen LogP contribution in [-0.2, 0) is 24.2 Å². The summed E-state index contributed by atoms with van der Waals surface area (Å²) in [6, 6.07) is -0.0987. The van der Waals surface area contributed by atoms with Crippen LogP contribution < -0.4 is 5.32 Å². The van der Waals surface area contributed by atoms with E-state index in [0.29, 0.717) is 24.5 Å². The molecule has 1 saturated heterocycles. The SMILES string of the molecule is CC1CN(S(=O)c2cn(C)cn2)CCC1Nc1ncc(C(F)(F)F)c(-c2cn(SN(C)C)cn2)n1. The van der Waals surface area contributed by atoms with Crippen molar-refractivity contribution in [2.45, 2.75) is 30.6 Å². The second kappa shape index (κ2) is 10.2. The molecule has 1 fully saturated rings. The van der Waals surface area contributed by atoms with Crippen molar-refractivity contribution >= 4 is 29.1 Å². The van der Waals surface area contributed by atoms with Gasteiger partial charge in [0.2, 0.25) is 5.95 Å². The summed E-state index contributed by atoms with van der Waals surface area (Å²) in [4.78, 5) is 16.4. The highest BCUT2D eigenvalue weighted by Gasteiger charge is 2.37. The predicted octanol–water partition coefficient (Wildman–Crippen LogP) is 2.91. The lowest BCUT2D eigenvalue weighted by atomic mass is 9.95. The molecule has 0 radical (unpaired) electrons. The van der Waals surface area contributed by atoms with Crippen molar-refractivity contribution in [1.82, 2.24) is 37.1 Å². The number of aryl methyl sites for hydroxylation is 1. The minimum absolute atomic E-state index is 0.0430. The number of piperidine rings is 1. The van der Waals surface area contributed by atoms with Gasteiger partial charge in [0.25, 0.3) is 0 Å². The van der Waals surface area contributed by atoms with Crippen LogP contribution in [-0.4, -0.2) is 74.5 Å². The van der Waals surface area contributed by atoms with Gasteiger partial charge in [-0.2, -0.15) is 13.2 Å². The van der Waals surface area contributed by atoms with E-state index >= 15 is 0 Å². The van der Waals surface area contributed by atoms with Gasteiger partial charge in [0, 0.05) is 56.9 Å². The van der Waals surface area contributed by atoms with Gasteiger partial charge in [0.05, 0.1) is 6.33 Å². The van der Waals surface area contributed by atoms with Crippen LogP contribution in [0, 0.1) is 5.92 Å². The number of nitrogens with zero attached hydrogens (tertiary/aromatic N) is 8. The number of hydrogen-bond donors (Lipinski definition) is 1. The van der Waals surface area contributed by atoms with Crippen molar-refractivity contribution in [3.8, 4) is 11.4 Å². The lowest BCUT2D eigenvalue weighted by Crippen LogP contribution is -2.46. The highest BCUT2D eigenvalue weighted by Crippen LogP contribution is 2.36. The number of rotatable bonds is 7. The minimum atomic E-state index is -4.62. The van der Waals surface area contributed by atoms with Gasteiger partial charge in [0.15, 0.2) is 5.03 Å². The second-order valence-corrected chi connectivity index (χ2v) is 11.2. The number of alkyl halides is 3. The Hall–Kier alpha value is -2.49. The average molecular weight is 530 g/mol. The summed E-state index contributed by atoms with van der Waals surface area (Å²) in [5.41, 5.74) is -1.13. The molecular weight excluding hydrogens is 503 g/mol. The maximum Gasteiger partial charge on any atom is 0.420 e. The summed E-state index contributed by atoms with van der Waals surface area (Å²) in [5, 5.41) is 3.67. The fourth-order valence-corrected chi connectivity index (χ4v) is 5.68. The van der Waals surface area contributed by atoms with Gasteiger partial charge in [-0.1, -0.05) is 6.92 Å². The summed E-state index contributed by atoms with van der Waals surface area (Å²) in [7, 11) is 4.07. The van der Waals surface area contributed by atoms with Crippen LogP contribution in [0.5, 0.6) is 0 Å². The fraction of sp³-hybridized carbons (Fsp3) is 0.500. The molecule has 35 heavy (non-hydrogen) atoms. The molecule has 3 aromatic heterocycles. The summed E-state index contributed by atoms with van der Waals surface area (Å²) >= 11 is 1.27. The van der Waals surface area contributed by atoms with Crippen molar-refractivity contribution in [3.05, 3.63) is 36.8 Å². The molecule has 1 aliphatic rings. The third-order valence-corrected chi connectivity index (χ3v) is 7.52. The summed E-state index contributed by atoms with van der Waals surface area (Å²) in [6.07, 6.45) is 3.05. The molecule has 3 atom stereocenters. The third kappa shape index (κ3) is 6.02. The normalized spacial score (nSPS) is 20.3. The molecular formula is C20H26F3N9OS2. The Morgan fingerprint density at radius 3 is 2.60 bits per heavy atom. The maximum atomic E-state index is 13.7. The summed E-state index contributed by atoms with van der Waals surface area (Å²) in [5.74, 6) is 0.139. The molecule has 0 aromatic carbocycles. The molecule has 190 valence electrons. The predicted molar refractivity (Wildman–Crippen MR) is 127 cm³/mol. The maximum absolute atomic E-state index is 13.7. The Balaban J connectivity index is 1.51. The van der Waals surface area contributed by atoms with Crippen LogP contribution in [0.2, 0.25) is 0 Å². The third-order valence-electron chi connectivity index (χ3n) is 5.43. The van der Waals surface area contributed by atoms with Crippen molar-refractivity contribution in [3.63, 3.8) is 0 Å². The van der Waals surface area contributed by atoms with Crippen LogP contribution >= 0.6 is 12.1 Å². The van der Waals surface area contributed by atoms with Gasteiger partial charge in [0.1, 0.15) is 34.3 Å². The topological polar surface area (TPSA) is 97.0 Å². The van der Waals surface area contributed by atoms with Crippen LogP contribution in [0.15, 0.2) is 36.3 Å². The minimum Gasteiger partial charge on any atom is -0.351 e. The van der Waals surface area contributed by atoms with Crippen LogP contribution in [0.1, 0.15) is 18.9 Å². The van der Waals surface area contributed by atoms with E-state index in [1.807, 2.05) is 32.4 Å². The largest absolute Gasteiger partial charge is 0.420 e. The Kier molecular flexibility index (Phi) is 7.49.